The summed E-state index contributed by atoms with van der Waals surface area (Å²) in [6.07, 6.45) is 0.803. The Morgan fingerprint density at radius 3 is 2.94 bits per heavy atom. The van der Waals surface area contributed by atoms with Crippen LogP contribution in [0.15, 0.2) is 18.2 Å². The predicted octanol–water partition coefficient (Wildman–Crippen LogP) is 1.77. The zero-order chi connectivity index (χ0) is 13.2. The van der Waals surface area contributed by atoms with Crippen LogP contribution in [-0.2, 0) is 4.79 Å². The molecule has 0 aliphatic carbocycles. The number of ether oxygens (including phenoxy) is 1. The second-order valence-electron chi connectivity index (χ2n) is 4.79. The molecule has 1 amide bonds. The fourth-order valence-electron chi connectivity index (χ4n) is 2.03. The van der Waals surface area contributed by atoms with Crippen molar-refractivity contribution in [1.29, 1.82) is 0 Å². The van der Waals surface area contributed by atoms with Gasteiger partial charge in [-0.2, -0.15) is 0 Å². The lowest BCUT2D eigenvalue weighted by Crippen LogP contribution is -2.35. The summed E-state index contributed by atoms with van der Waals surface area (Å²) >= 11 is 0. The molecule has 1 aliphatic rings. The third-order valence-corrected chi connectivity index (χ3v) is 3.33. The van der Waals surface area contributed by atoms with E-state index in [0.29, 0.717) is 12.2 Å². The van der Waals surface area contributed by atoms with Crippen LogP contribution in [0.4, 0.5) is 10.1 Å². The molecule has 18 heavy (non-hydrogen) atoms. The van der Waals surface area contributed by atoms with Crippen LogP contribution in [0.25, 0.3) is 0 Å². The van der Waals surface area contributed by atoms with Gasteiger partial charge in [0.25, 0.3) is 0 Å². The van der Waals surface area contributed by atoms with Crippen LogP contribution in [0.3, 0.4) is 0 Å². The molecule has 1 heterocycles. The molecule has 0 aromatic heterocycles. The fraction of sp³-hybridized carbons (Fsp3) is 0.462. The molecule has 98 valence electrons. The van der Waals surface area contributed by atoms with Crippen molar-refractivity contribution in [2.45, 2.75) is 13.3 Å². The molecule has 1 aromatic rings. The monoisotopic (exact) mass is 252 g/mol. The van der Waals surface area contributed by atoms with Crippen molar-refractivity contribution in [3.8, 4) is 5.75 Å². The molecule has 1 fully saturated rings. The number of anilines is 1. The molecule has 2 N–H and O–H groups in total. The second kappa shape index (κ2) is 4.94. The van der Waals surface area contributed by atoms with E-state index in [1.165, 1.54) is 25.3 Å². The van der Waals surface area contributed by atoms with Gasteiger partial charge in [0, 0.05) is 18.3 Å². The number of amides is 1. The smallest absolute Gasteiger partial charge is 0.231 e. The summed E-state index contributed by atoms with van der Waals surface area (Å²) in [4.78, 5) is 12.1. The van der Waals surface area contributed by atoms with Crippen LogP contribution in [0, 0.1) is 11.2 Å². The first-order valence-corrected chi connectivity index (χ1v) is 5.91. The first-order chi connectivity index (χ1) is 8.55. The molecular weight excluding hydrogens is 235 g/mol. The average molecular weight is 252 g/mol. The third-order valence-electron chi connectivity index (χ3n) is 3.33. The SMILES string of the molecule is COc1cc(NC(=O)C2(C)CCNC2)ccc1F. The fourth-order valence-corrected chi connectivity index (χ4v) is 2.03. The van der Waals surface area contributed by atoms with Crippen LogP contribution in [0.5, 0.6) is 5.75 Å². The maximum absolute atomic E-state index is 13.2. The first-order valence-electron chi connectivity index (χ1n) is 5.91. The molecule has 0 bridgehead atoms. The maximum atomic E-state index is 13.2. The molecular formula is C13H17FN2O2. The Bertz CT molecular complexity index is 456. The highest BCUT2D eigenvalue weighted by Crippen LogP contribution is 2.28. The standard InChI is InChI=1S/C13H17FN2O2/c1-13(5-6-15-8-13)12(17)16-9-3-4-10(14)11(7-9)18-2/h3-4,7,15H,5-6,8H2,1-2H3,(H,16,17). The van der Waals surface area contributed by atoms with Gasteiger partial charge in [0.1, 0.15) is 0 Å². The Morgan fingerprint density at radius 1 is 1.56 bits per heavy atom. The van der Waals surface area contributed by atoms with Gasteiger partial charge < -0.3 is 15.4 Å². The summed E-state index contributed by atoms with van der Waals surface area (Å²) in [5, 5.41) is 5.97. The maximum Gasteiger partial charge on any atom is 0.231 e. The Labute approximate surface area is 106 Å². The largest absolute Gasteiger partial charge is 0.494 e. The van der Waals surface area contributed by atoms with Gasteiger partial charge in [-0.05, 0) is 32.0 Å². The number of benzene rings is 1. The number of carbonyl (C=O) groups is 1. The van der Waals surface area contributed by atoms with E-state index >= 15 is 0 Å². The topological polar surface area (TPSA) is 50.4 Å². The number of hydrogen-bond donors (Lipinski definition) is 2. The van der Waals surface area contributed by atoms with E-state index in [1.54, 1.807) is 0 Å². The predicted molar refractivity (Wildman–Crippen MR) is 67.2 cm³/mol. The Morgan fingerprint density at radius 2 is 2.33 bits per heavy atom. The quantitative estimate of drug-likeness (QED) is 0.862. The third kappa shape index (κ3) is 2.46. The lowest BCUT2D eigenvalue weighted by atomic mass is 9.89. The summed E-state index contributed by atoms with van der Waals surface area (Å²) in [5.41, 5.74) is 0.146. The minimum Gasteiger partial charge on any atom is -0.494 e. The first kappa shape index (κ1) is 12.8. The summed E-state index contributed by atoms with van der Waals surface area (Å²) in [5.74, 6) is -0.368. The summed E-state index contributed by atoms with van der Waals surface area (Å²) < 4.78 is 18.1. The van der Waals surface area contributed by atoms with Crippen molar-refractivity contribution < 1.29 is 13.9 Å². The van der Waals surface area contributed by atoms with Crippen LogP contribution in [0.2, 0.25) is 0 Å². The van der Waals surface area contributed by atoms with E-state index in [1.807, 2.05) is 6.92 Å². The Balaban J connectivity index is 2.11. The molecule has 0 saturated carbocycles. The lowest BCUT2D eigenvalue weighted by molar-refractivity contribution is -0.123. The normalized spacial score (nSPS) is 22.8. The highest BCUT2D eigenvalue weighted by Gasteiger charge is 2.36. The lowest BCUT2D eigenvalue weighted by Gasteiger charge is -2.21. The molecule has 1 unspecified atom stereocenters. The molecule has 0 radical (unpaired) electrons. The van der Waals surface area contributed by atoms with Crippen molar-refractivity contribution in [3.05, 3.63) is 24.0 Å². The zero-order valence-electron chi connectivity index (χ0n) is 10.5. The van der Waals surface area contributed by atoms with Gasteiger partial charge in [0.15, 0.2) is 11.6 Å². The van der Waals surface area contributed by atoms with E-state index in [2.05, 4.69) is 10.6 Å². The second-order valence-corrected chi connectivity index (χ2v) is 4.79. The minimum atomic E-state index is -0.441. The number of hydrogen-bond acceptors (Lipinski definition) is 3. The summed E-state index contributed by atoms with van der Waals surface area (Å²) in [6.45, 7) is 3.43. The van der Waals surface area contributed by atoms with E-state index in [0.717, 1.165) is 13.0 Å². The molecule has 1 saturated heterocycles. The van der Waals surface area contributed by atoms with Gasteiger partial charge in [0.05, 0.1) is 12.5 Å². The van der Waals surface area contributed by atoms with Crippen LogP contribution in [-0.4, -0.2) is 26.1 Å². The number of methoxy groups -OCH3 is 1. The van der Waals surface area contributed by atoms with Crippen molar-refractivity contribution in [2.75, 3.05) is 25.5 Å². The highest BCUT2D eigenvalue weighted by molar-refractivity contribution is 5.95. The molecule has 1 aliphatic heterocycles. The Kier molecular flexibility index (Phi) is 3.52. The molecule has 1 aromatic carbocycles. The van der Waals surface area contributed by atoms with Gasteiger partial charge in [-0.25, -0.2) is 4.39 Å². The van der Waals surface area contributed by atoms with Gasteiger partial charge in [-0.1, -0.05) is 0 Å². The molecule has 4 nitrogen and oxygen atoms in total. The molecule has 5 heteroatoms. The van der Waals surface area contributed by atoms with Crippen LogP contribution < -0.4 is 15.4 Å². The van der Waals surface area contributed by atoms with Crippen molar-refractivity contribution >= 4 is 11.6 Å². The number of nitrogens with one attached hydrogen (secondary N) is 2. The summed E-state index contributed by atoms with van der Waals surface area (Å²) in [7, 11) is 1.40. The highest BCUT2D eigenvalue weighted by atomic mass is 19.1. The number of halogens is 1. The number of carbonyl (C=O) groups excluding carboxylic acids is 1. The van der Waals surface area contributed by atoms with E-state index < -0.39 is 11.2 Å². The van der Waals surface area contributed by atoms with E-state index in [9.17, 15) is 9.18 Å². The van der Waals surface area contributed by atoms with E-state index in [4.69, 9.17) is 4.74 Å². The van der Waals surface area contributed by atoms with E-state index in [-0.39, 0.29) is 11.7 Å². The Hall–Kier alpha value is -1.62. The van der Waals surface area contributed by atoms with Gasteiger partial charge >= 0.3 is 0 Å². The number of rotatable bonds is 3. The van der Waals surface area contributed by atoms with Crippen LogP contribution >= 0.6 is 0 Å². The van der Waals surface area contributed by atoms with Crippen LogP contribution in [0.1, 0.15) is 13.3 Å². The zero-order valence-corrected chi connectivity index (χ0v) is 10.5. The van der Waals surface area contributed by atoms with Gasteiger partial charge in [-0.3, -0.25) is 4.79 Å². The van der Waals surface area contributed by atoms with Crippen molar-refractivity contribution in [1.82, 2.24) is 5.32 Å². The summed E-state index contributed by atoms with van der Waals surface area (Å²) in [6, 6.07) is 4.30. The van der Waals surface area contributed by atoms with Gasteiger partial charge in [-0.15, -0.1) is 0 Å². The minimum absolute atomic E-state index is 0.0545. The average Bonchev–Trinajstić information content (AvgIpc) is 2.80. The molecule has 0 spiro atoms. The van der Waals surface area contributed by atoms with Gasteiger partial charge in [0.2, 0.25) is 5.91 Å². The molecule has 1 atom stereocenters. The van der Waals surface area contributed by atoms with Crippen molar-refractivity contribution in [3.63, 3.8) is 0 Å². The van der Waals surface area contributed by atoms with Crippen molar-refractivity contribution in [2.24, 2.45) is 5.41 Å². The molecule has 2 rings (SSSR count).